The standard InChI is InChI=1S/C23H27NO6/c1-15-6-11-20(30-2)19(12-15)17-9-7-16(8-10-17)13-18(14-23(28)29)24-21(25)4-3-5-22(26)27/h6-12,18H,3-5,13-14H2,1-2H3,(H,24,25)(H,26,27)(H,28,29)/t18-/m1/s1. The van der Waals surface area contributed by atoms with Crippen LogP contribution >= 0.6 is 0 Å². The summed E-state index contributed by atoms with van der Waals surface area (Å²) in [5.74, 6) is -1.54. The van der Waals surface area contributed by atoms with E-state index in [0.717, 1.165) is 28.0 Å². The van der Waals surface area contributed by atoms with Gasteiger partial charge in [-0.05, 0) is 43.0 Å². The van der Waals surface area contributed by atoms with E-state index in [4.69, 9.17) is 14.9 Å². The number of amides is 1. The number of aryl methyl sites for hydroxylation is 1. The predicted octanol–water partition coefficient (Wildman–Crippen LogP) is 3.43. The van der Waals surface area contributed by atoms with Crippen molar-refractivity contribution >= 4 is 17.8 Å². The molecule has 0 saturated heterocycles. The van der Waals surface area contributed by atoms with Gasteiger partial charge >= 0.3 is 11.9 Å². The van der Waals surface area contributed by atoms with Gasteiger partial charge in [-0.1, -0.05) is 35.9 Å². The Morgan fingerprint density at radius 3 is 2.30 bits per heavy atom. The molecule has 0 aliphatic heterocycles. The van der Waals surface area contributed by atoms with Crippen molar-refractivity contribution in [1.29, 1.82) is 0 Å². The van der Waals surface area contributed by atoms with Gasteiger partial charge in [0.2, 0.25) is 5.91 Å². The van der Waals surface area contributed by atoms with Crippen molar-refractivity contribution in [3.63, 3.8) is 0 Å². The molecule has 2 rings (SSSR count). The van der Waals surface area contributed by atoms with Crippen molar-refractivity contribution in [1.82, 2.24) is 5.32 Å². The van der Waals surface area contributed by atoms with E-state index in [1.54, 1.807) is 7.11 Å². The number of hydrogen-bond acceptors (Lipinski definition) is 4. The van der Waals surface area contributed by atoms with Crippen molar-refractivity contribution in [2.24, 2.45) is 0 Å². The number of methoxy groups -OCH3 is 1. The van der Waals surface area contributed by atoms with Crippen LogP contribution in [0.25, 0.3) is 11.1 Å². The highest BCUT2D eigenvalue weighted by molar-refractivity contribution is 5.78. The summed E-state index contributed by atoms with van der Waals surface area (Å²) in [6.07, 6.45) is 0.323. The molecule has 30 heavy (non-hydrogen) atoms. The van der Waals surface area contributed by atoms with Gasteiger partial charge in [-0.25, -0.2) is 0 Å². The van der Waals surface area contributed by atoms with Gasteiger partial charge in [-0.3, -0.25) is 14.4 Å². The second-order valence-corrected chi connectivity index (χ2v) is 7.21. The molecule has 7 nitrogen and oxygen atoms in total. The molecule has 0 unspecified atom stereocenters. The van der Waals surface area contributed by atoms with Crippen LogP contribution in [0.1, 0.15) is 36.8 Å². The van der Waals surface area contributed by atoms with Crippen LogP contribution in [-0.2, 0) is 20.8 Å². The third kappa shape index (κ3) is 7.24. The topological polar surface area (TPSA) is 113 Å². The summed E-state index contributed by atoms with van der Waals surface area (Å²) >= 11 is 0. The van der Waals surface area contributed by atoms with E-state index in [1.807, 2.05) is 49.4 Å². The number of carbonyl (C=O) groups is 3. The number of carbonyl (C=O) groups excluding carboxylic acids is 1. The zero-order valence-electron chi connectivity index (χ0n) is 17.2. The maximum absolute atomic E-state index is 12.0. The molecule has 0 spiro atoms. The summed E-state index contributed by atoms with van der Waals surface area (Å²) in [6, 6.07) is 13.1. The van der Waals surface area contributed by atoms with Crippen molar-refractivity contribution in [2.45, 2.75) is 45.1 Å². The van der Waals surface area contributed by atoms with Crippen molar-refractivity contribution < 1.29 is 29.3 Å². The second kappa shape index (κ2) is 11.0. The van der Waals surface area contributed by atoms with Gasteiger partial charge in [0.1, 0.15) is 5.75 Å². The fraction of sp³-hybridized carbons (Fsp3) is 0.348. The Kier molecular flexibility index (Phi) is 8.41. The average molecular weight is 413 g/mol. The normalized spacial score (nSPS) is 11.5. The molecule has 2 aromatic carbocycles. The molecule has 3 N–H and O–H groups in total. The minimum atomic E-state index is -1.01. The van der Waals surface area contributed by atoms with Crippen LogP contribution in [0, 0.1) is 6.92 Å². The monoisotopic (exact) mass is 413 g/mol. The predicted molar refractivity (Wildman–Crippen MR) is 113 cm³/mol. The zero-order valence-corrected chi connectivity index (χ0v) is 17.2. The lowest BCUT2D eigenvalue weighted by Gasteiger charge is -2.17. The molecule has 160 valence electrons. The van der Waals surface area contributed by atoms with Gasteiger partial charge in [-0.15, -0.1) is 0 Å². The van der Waals surface area contributed by atoms with Gasteiger partial charge in [0.05, 0.1) is 13.5 Å². The van der Waals surface area contributed by atoms with Gasteiger partial charge in [0.15, 0.2) is 0 Å². The highest BCUT2D eigenvalue weighted by atomic mass is 16.5. The highest BCUT2D eigenvalue weighted by Crippen LogP contribution is 2.31. The number of benzene rings is 2. The first-order valence-corrected chi connectivity index (χ1v) is 9.75. The fourth-order valence-electron chi connectivity index (χ4n) is 3.24. The van der Waals surface area contributed by atoms with Crippen molar-refractivity contribution in [3.05, 3.63) is 53.6 Å². The molecule has 0 radical (unpaired) electrons. The molecule has 0 saturated carbocycles. The second-order valence-electron chi connectivity index (χ2n) is 7.21. The van der Waals surface area contributed by atoms with Gasteiger partial charge in [-0.2, -0.15) is 0 Å². The molecule has 2 aromatic rings. The first kappa shape index (κ1) is 22.9. The molecule has 0 aliphatic rings. The minimum absolute atomic E-state index is 0.0501. The Balaban J connectivity index is 2.07. The maximum Gasteiger partial charge on any atom is 0.305 e. The molecular formula is C23H27NO6. The number of carboxylic acids is 2. The number of aliphatic carboxylic acids is 2. The van der Waals surface area contributed by atoms with Gasteiger partial charge < -0.3 is 20.3 Å². The zero-order chi connectivity index (χ0) is 22.1. The van der Waals surface area contributed by atoms with Gasteiger partial charge in [0, 0.05) is 24.4 Å². The van der Waals surface area contributed by atoms with Crippen LogP contribution in [0.15, 0.2) is 42.5 Å². The number of carboxylic acid groups (broad SMARTS) is 2. The van der Waals surface area contributed by atoms with Crippen molar-refractivity contribution in [3.8, 4) is 16.9 Å². The summed E-state index contributed by atoms with van der Waals surface area (Å²) in [6.45, 7) is 2.01. The van der Waals surface area contributed by atoms with Crippen LogP contribution in [0.3, 0.4) is 0 Å². The highest BCUT2D eigenvalue weighted by Gasteiger charge is 2.17. The number of nitrogens with one attached hydrogen (secondary N) is 1. The minimum Gasteiger partial charge on any atom is -0.496 e. The fourth-order valence-corrected chi connectivity index (χ4v) is 3.24. The summed E-state index contributed by atoms with van der Waals surface area (Å²) in [5.41, 5.74) is 3.95. The van der Waals surface area contributed by atoms with E-state index in [-0.39, 0.29) is 31.6 Å². The Labute approximate surface area is 175 Å². The third-order valence-electron chi connectivity index (χ3n) is 4.68. The van der Waals surface area contributed by atoms with E-state index < -0.39 is 18.0 Å². The quantitative estimate of drug-likeness (QED) is 0.520. The molecule has 0 bridgehead atoms. The SMILES string of the molecule is COc1ccc(C)cc1-c1ccc(C[C@H](CC(=O)O)NC(=O)CCCC(=O)O)cc1. The maximum atomic E-state index is 12.0. The molecule has 0 aliphatic carbocycles. The lowest BCUT2D eigenvalue weighted by Crippen LogP contribution is -2.38. The smallest absolute Gasteiger partial charge is 0.305 e. The first-order valence-electron chi connectivity index (χ1n) is 9.75. The average Bonchev–Trinajstić information content (AvgIpc) is 2.67. The van der Waals surface area contributed by atoms with E-state index in [0.29, 0.717) is 6.42 Å². The van der Waals surface area contributed by atoms with E-state index in [2.05, 4.69) is 5.32 Å². The molecule has 1 atom stereocenters. The van der Waals surface area contributed by atoms with Crippen LogP contribution in [0.2, 0.25) is 0 Å². The first-order chi connectivity index (χ1) is 14.3. The Morgan fingerprint density at radius 1 is 1.00 bits per heavy atom. The largest absolute Gasteiger partial charge is 0.496 e. The van der Waals surface area contributed by atoms with Crippen LogP contribution in [0.5, 0.6) is 5.75 Å². The number of rotatable bonds is 11. The summed E-state index contributed by atoms with van der Waals surface area (Å²) in [4.78, 5) is 33.8. The molecule has 0 aromatic heterocycles. The summed E-state index contributed by atoms with van der Waals surface area (Å²) in [5, 5.41) is 20.5. The van der Waals surface area contributed by atoms with Crippen LogP contribution < -0.4 is 10.1 Å². The molecule has 7 heteroatoms. The van der Waals surface area contributed by atoms with Gasteiger partial charge in [0.25, 0.3) is 0 Å². The Morgan fingerprint density at radius 2 is 1.70 bits per heavy atom. The summed E-state index contributed by atoms with van der Waals surface area (Å²) in [7, 11) is 1.62. The molecule has 0 fully saturated rings. The van der Waals surface area contributed by atoms with E-state index >= 15 is 0 Å². The molecular weight excluding hydrogens is 386 g/mol. The molecule has 0 heterocycles. The Hall–Kier alpha value is -3.35. The Bertz CT molecular complexity index is 891. The van der Waals surface area contributed by atoms with Crippen LogP contribution in [-0.4, -0.2) is 41.2 Å². The van der Waals surface area contributed by atoms with Crippen LogP contribution in [0.4, 0.5) is 0 Å². The summed E-state index contributed by atoms with van der Waals surface area (Å²) < 4.78 is 5.43. The lowest BCUT2D eigenvalue weighted by atomic mass is 9.98. The van der Waals surface area contributed by atoms with E-state index in [9.17, 15) is 14.4 Å². The number of ether oxygens (including phenoxy) is 1. The molecule has 1 amide bonds. The number of hydrogen-bond donors (Lipinski definition) is 3. The lowest BCUT2D eigenvalue weighted by molar-refractivity contribution is -0.138. The third-order valence-corrected chi connectivity index (χ3v) is 4.68. The van der Waals surface area contributed by atoms with Crippen molar-refractivity contribution in [2.75, 3.05) is 7.11 Å². The van der Waals surface area contributed by atoms with E-state index in [1.165, 1.54) is 0 Å².